The molecule has 0 heterocycles. The Bertz CT molecular complexity index is 66.4. The Morgan fingerprint density at radius 3 is 2.88 bits per heavy atom. The van der Waals surface area contributed by atoms with Crippen LogP contribution >= 0.6 is 0 Å². The van der Waals surface area contributed by atoms with Gasteiger partial charge in [-0.15, -0.1) is 0 Å². The molecule has 3 N–H and O–H groups in total. The average molecular weight is 117 g/mol. The van der Waals surface area contributed by atoms with Crippen LogP contribution in [-0.2, 0) is 9.63 Å². The second-order valence-corrected chi connectivity index (χ2v) is 1.16. The highest BCUT2D eigenvalue weighted by Gasteiger charge is 1.93. The van der Waals surface area contributed by atoms with Crippen molar-refractivity contribution in [3.63, 3.8) is 0 Å². The summed E-state index contributed by atoms with van der Waals surface area (Å²) in [5.41, 5.74) is 0. The molecule has 4 heteroatoms. The molecule has 0 rings (SSSR count). The van der Waals surface area contributed by atoms with Crippen molar-refractivity contribution >= 4 is 5.91 Å². The minimum Gasteiger partial charge on any atom is -0.354 e. The molecule has 8 heavy (non-hydrogen) atoms. The summed E-state index contributed by atoms with van der Waals surface area (Å²) in [7, 11) is 0. The van der Waals surface area contributed by atoms with E-state index in [1.165, 1.54) is 0 Å². The van der Waals surface area contributed by atoms with Gasteiger partial charge in [-0.05, 0) is 6.92 Å². The molecule has 0 aromatic carbocycles. The third-order valence-electron chi connectivity index (χ3n) is 0.537. The van der Waals surface area contributed by atoms with Crippen LogP contribution in [-0.4, -0.2) is 19.1 Å². The number of carbonyl (C=O) groups excluding carboxylic acids is 1. The number of hydrogen-bond donors (Lipinski definition) is 2. The molecular formula is C4H9N2O2. The zero-order chi connectivity index (χ0) is 6.41. The maximum absolute atomic E-state index is 10.3. The fourth-order valence-corrected chi connectivity index (χ4v) is 0.266. The van der Waals surface area contributed by atoms with Crippen molar-refractivity contribution in [2.75, 3.05) is 13.2 Å². The monoisotopic (exact) mass is 117 g/mol. The van der Waals surface area contributed by atoms with Crippen molar-refractivity contribution < 1.29 is 9.63 Å². The van der Waals surface area contributed by atoms with E-state index in [0.717, 1.165) is 0 Å². The van der Waals surface area contributed by atoms with Gasteiger partial charge in [0.2, 0.25) is 5.91 Å². The summed E-state index contributed by atoms with van der Waals surface area (Å²) < 4.78 is 0. The zero-order valence-corrected chi connectivity index (χ0v) is 4.52. The van der Waals surface area contributed by atoms with Crippen molar-refractivity contribution in [2.24, 2.45) is 5.90 Å². The molecule has 0 saturated carbocycles. The molecule has 0 aliphatic rings. The highest BCUT2D eigenvalue weighted by Crippen LogP contribution is 1.63. The van der Waals surface area contributed by atoms with Crippen LogP contribution in [0.4, 0.5) is 0 Å². The number of rotatable bonds is 3. The normalized spacial score (nSPS) is 8.75. The first-order valence-electron chi connectivity index (χ1n) is 2.19. The molecule has 0 aliphatic carbocycles. The van der Waals surface area contributed by atoms with Gasteiger partial charge in [0, 0.05) is 6.54 Å². The molecule has 0 saturated heterocycles. The van der Waals surface area contributed by atoms with E-state index in [0.29, 0.717) is 6.54 Å². The lowest BCUT2D eigenvalue weighted by Crippen LogP contribution is -2.28. The summed E-state index contributed by atoms with van der Waals surface area (Å²) in [5, 5.41) is 2.39. The van der Waals surface area contributed by atoms with Crippen molar-refractivity contribution in [2.45, 2.75) is 0 Å². The van der Waals surface area contributed by atoms with E-state index in [1.54, 1.807) is 0 Å². The number of nitrogens with one attached hydrogen (secondary N) is 1. The molecule has 0 spiro atoms. The van der Waals surface area contributed by atoms with Crippen LogP contribution in [0.2, 0.25) is 0 Å². The predicted octanol–water partition coefficient (Wildman–Crippen LogP) is -1.17. The summed E-state index contributed by atoms with van der Waals surface area (Å²) >= 11 is 0. The maximum atomic E-state index is 10.3. The third kappa shape index (κ3) is 3.58. The first-order valence-corrected chi connectivity index (χ1v) is 2.19. The fourth-order valence-electron chi connectivity index (χ4n) is 0.266. The molecule has 0 aliphatic heterocycles. The van der Waals surface area contributed by atoms with Crippen LogP contribution in [0, 0.1) is 6.92 Å². The zero-order valence-electron chi connectivity index (χ0n) is 4.52. The summed E-state index contributed by atoms with van der Waals surface area (Å²) in [4.78, 5) is 14.3. The van der Waals surface area contributed by atoms with E-state index in [4.69, 9.17) is 0 Å². The van der Waals surface area contributed by atoms with Crippen LogP contribution in [0.3, 0.4) is 0 Å². The topological polar surface area (TPSA) is 64.3 Å². The molecule has 1 radical (unpaired) electrons. The first-order chi connectivity index (χ1) is 3.81. The van der Waals surface area contributed by atoms with E-state index in [9.17, 15) is 4.79 Å². The van der Waals surface area contributed by atoms with Crippen LogP contribution in [0.5, 0.6) is 0 Å². The Morgan fingerprint density at radius 2 is 2.50 bits per heavy atom. The molecule has 0 aromatic heterocycles. The van der Waals surface area contributed by atoms with Gasteiger partial charge in [0.15, 0.2) is 0 Å². The molecule has 0 aromatic rings. The summed E-state index contributed by atoms with van der Waals surface area (Å²) in [6.45, 7) is 3.64. The standard InChI is InChI=1S/C4H9N2O2/c1-2-6-4(7)3-8-5/h1-3,5H2,(H,6,7). The van der Waals surface area contributed by atoms with Crippen LogP contribution in [0.25, 0.3) is 0 Å². The molecule has 4 nitrogen and oxygen atoms in total. The molecular weight excluding hydrogens is 108 g/mol. The Morgan fingerprint density at radius 1 is 1.88 bits per heavy atom. The van der Waals surface area contributed by atoms with E-state index in [1.807, 2.05) is 0 Å². The van der Waals surface area contributed by atoms with E-state index < -0.39 is 0 Å². The van der Waals surface area contributed by atoms with Gasteiger partial charge in [0.25, 0.3) is 0 Å². The van der Waals surface area contributed by atoms with E-state index >= 15 is 0 Å². The Balaban J connectivity index is 3.06. The average Bonchev–Trinajstić information content (AvgIpc) is 1.68. The summed E-state index contributed by atoms with van der Waals surface area (Å²) in [5.74, 6) is 4.33. The van der Waals surface area contributed by atoms with E-state index in [2.05, 4.69) is 23.0 Å². The van der Waals surface area contributed by atoms with Crippen molar-refractivity contribution in [3.8, 4) is 0 Å². The molecule has 1 amide bonds. The summed E-state index contributed by atoms with van der Waals surface area (Å²) in [6, 6.07) is 0. The minimum absolute atomic E-state index is 0.102. The molecule has 0 fully saturated rings. The highest BCUT2D eigenvalue weighted by atomic mass is 16.6. The van der Waals surface area contributed by atoms with Crippen LogP contribution < -0.4 is 11.2 Å². The Hall–Kier alpha value is -0.610. The number of amides is 1. The smallest absolute Gasteiger partial charge is 0.248 e. The Kier molecular flexibility index (Phi) is 4.20. The van der Waals surface area contributed by atoms with Crippen LogP contribution in [0.1, 0.15) is 0 Å². The molecule has 0 unspecified atom stereocenters. The van der Waals surface area contributed by atoms with E-state index in [-0.39, 0.29) is 12.5 Å². The van der Waals surface area contributed by atoms with Gasteiger partial charge in [0.05, 0.1) is 0 Å². The molecule has 0 atom stereocenters. The number of hydrogen-bond acceptors (Lipinski definition) is 3. The van der Waals surface area contributed by atoms with Crippen LogP contribution in [0.15, 0.2) is 0 Å². The fraction of sp³-hybridized carbons (Fsp3) is 0.500. The van der Waals surface area contributed by atoms with Crippen molar-refractivity contribution in [1.82, 2.24) is 5.32 Å². The lowest BCUT2D eigenvalue weighted by molar-refractivity contribution is -0.125. The second kappa shape index (κ2) is 4.55. The Labute approximate surface area is 48.0 Å². The highest BCUT2D eigenvalue weighted by molar-refractivity contribution is 5.77. The number of carbonyl (C=O) groups is 1. The lowest BCUT2D eigenvalue weighted by atomic mass is 10.6. The molecule has 0 bridgehead atoms. The van der Waals surface area contributed by atoms with Gasteiger partial charge < -0.3 is 5.32 Å². The van der Waals surface area contributed by atoms with Gasteiger partial charge >= 0.3 is 0 Å². The third-order valence-corrected chi connectivity index (χ3v) is 0.537. The quantitative estimate of drug-likeness (QED) is 0.458. The second-order valence-electron chi connectivity index (χ2n) is 1.16. The van der Waals surface area contributed by atoms with Gasteiger partial charge in [-0.25, -0.2) is 5.90 Å². The SMILES string of the molecule is [CH2]CNC(=O)CON. The minimum atomic E-state index is -0.248. The largest absolute Gasteiger partial charge is 0.354 e. The van der Waals surface area contributed by atoms with Gasteiger partial charge in [0.1, 0.15) is 6.61 Å². The van der Waals surface area contributed by atoms with Gasteiger partial charge in [-0.3, -0.25) is 9.63 Å². The van der Waals surface area contributed by atoms with Gasteiger partial charge in [-0.2, -0.15) is 0 Å². The van der Waals surface area contributed by atoms with Crippen molar-refractivity contribution in [3.05, 3.63) is 6.92 Å². The van der Waals surface area contributed by atoms with Gasteiger partial charge in [-0.1, -0.05) is 0 Å². The van der Waals surface area contributed by atoms with Crippen molar-refractivity contribution in [1.29, 1.82) is 0 Å². The number of nitrogens with two attached hydrogens (primary N) is 1. The first kappa shape index (κ1) is 7.39. The summed E-state index contributed by atoms with van der Waals surface area (Å²) in [6.07, 6.45) is 0. The maximum Gasteiger partial charge on any atom is 0.248 e. The lowest BCUT2D eigenvalue weighted by Gasteiger charge is -1.96. The molecule has 47 valence electrons. The predicted molar refractivity (Wildman–Crippen MR) is 28.5 cm³/mol.